The second kappa shape index (κ2) is 4.93. The van der Waals surface area contributed by atoms with Gasteiger partial charge < -0.3 is 14.8 Å². The van der Waals surface area contributed by atoms with Crippen molar-refractivity contribution in [3.63, 3.8) is 0 Å². The van der Waals surface area contributed by atoms with Crippen LogP contribution in [0.1, 0.15) is 18.7 Å². The van der Waals surface area contributed by atoms with Crippen molar-refractivity contribution in [1.82, 2.24) is 4.57 Å². The molecule has 18 heavy (non-hydrogen) atoms. The third-order valence-electron chi connectivity index (χ3n) is 3.48. The molecule has 2 heterocycles. The number of hydrogen-bond acceptors (Lipinski definition) is 2. The Morgan fingerprint density at radius 2 is 2.11 bits per heavy atom. The molecule has 102 valence electrons. The van der Waals surface area contributed by atoms with Crippen molar-refractivity contribution in [1.29, 1.82) is 0 Å². The van der Waals surface area contributed by atoms with Crippen LogP contribution in [0.4, 0.5) is 0 Å². The first kappa shape index (κ1) is 15.7. The van der Waals surface area contributed by atoms with E-state index < -0.39 is 15.3 Å². The molecule has 0 unspecified atom stereocenters. The minimum Gasteiger partial charge on any atom is -0.396 e. The molecule has 0 aliphatic carbocycles. The average molecular weight is 489 g/mol. The number of fused-ring (bicyclic) bond motifs is 1. The van der Waals surface area contributed by atoms with Gasteiger partial charge in [0.2, 0.25) is 3.79 Å². The molecule has 0 bridgehead atoms. The van der Waals surface area contributed by atoms with E-state index in [1.54, 1.807) is 6.07 Å². The Hall–Kier alpha value is 1.28. The fraction of sp³-hybridized carbons (Fsp3) is 0.600. The number of hydrogen-bond donors (Lipinski definition) is 2. The Morgan fingerprint density at radius 1 is 1.56 bits per heavy atom. The van der Waals surface area contributed by atoms with Crippen molar-refractivity contribution in [3.8, 4) is 0 Å². The molecule has 8 heteroatoms. The maximum atomic E-state index is 10.8. The zero-order valence-corrected chi connectivity index (χ0v) is 15.2. The van der Waals surface area contributed by atoms with E-state index in [4.69, 9.17) is 34.8 Å². The highest BCUT2D eigenvalue weighted by atomic mass is 127. The third kappa shape index (κ3) is 1.96. The van der Waals surface area contributed by atoms with E-state index in [9.17, 15) is 10.2 Å². The van der Waals surface area contributed by atoms with Gasteiger partial charge in [-0.25, -0.2) is 0 Å². The van der Waals surface area contributed by atoms with Crippen molar-refractivity contribution in [2.75, 3.05) is 6.61 Å². The van der Waals surface area contributed by atoms with E-state index >= 15 is 0 Å². The maximum absolute atomic E-state index is 10.8. The molecule has 0 saturated heterocycles. The molecule has 2 N–H and O–H groups in total. The molecule has 3 atom stereocenters. The van der Waals surface area contributed by atoms with Gasteiger partial charge in [0, 0.05) is 15.5 Å². The molecule has 1 aliphatic heterocycles. The van der Waals surface area contributed by atoms with Gasteiger partial charge in [-0.3, -0.25) is 0 Å². The third-order valence-corrected chi connectivity index (χ3v) is 6.71. The molecule has 2 rings (SSSR count). The van der Waals surface area contributed by atoms with E-state index in [0.717, 1.165) is 8.17 Å². The van der Waals surface area contributed by atoms with Gasteiger partial charge >= 0.3 is 0 Å². The first-order valence-corrected chi connectivity index (χ1v) is 8.13. The SMILES string of the molecule is C[C@@H]1[C@@H](CO)[C@](O)(C(Cl)(Cl)Cl)c2cc(I)c(Br)n21. The maximum Gasteiger partial charge on any atom is 0.224 e. The zero-order chi connectivity index (χ0) is 13.9. The monoisotopic (exact) mass is 487 g/mol. The molecule has 1 aromatic heterocycles. The van der Waals surface area contributed by atoms with Crippen LogP contribution in [-0.2, 0) is 5.60 Å². The molecule has 0 spiro atoms. The van der Waals surface area contributed by atoms with Crippen molar-refractivity contribution in [3.05, 3.63) is 19.9 Å². The highest BCUT2D eigenvalue weighted by molar-refractivity contribution is 14.1. The first-order chi connectivity index (χ1) is 8.16. The predicted molar refractivity (Wildman–Crippen MR) is 84.3 cm³/mol. The number of aliphatic hydroxyl groups excluding tert-OH is 1. The van der Waals surface area contributed by atoms with E-state index in [2.05, 4.69) is 38.5 Å². The van der Waals surface area contributed by atoms with Crippen LogP contribution in [0.3, 0.4) is 0 Å². The summed E-state index contributed by atoms with van der Waals surface area (Å²) in [5, 5.41) is 20.4. The number of aromatic nitrogens is 1. The van der Waals surface area contributed by atoms with Crippen molar-refractivity contribution in [2.45, 2.75) is 22.4 Å². The summed E-state index contributed by atoms with van der Waals surface area (Å²) in [5.74, 6) is -0.576. The number of nitrogens with zero attached hydrogens (tertiary/aromatic N) is 1. The second-order valence-corrected chi connectivity index (χ2v) is 8.53. The van der Waals surface area contributed by atoms with Crippen LogP contribution in [0.5, 0.6) is 0 Å². The smallest absolute Gasteiger partial charge is 0.224 e. The van der Waals surface area contributed by atoms with Gasteiger partial charge in [-0.2, -0.15) is 0 Å². The fourth-order valence-corrected chi connectivity index (χ4v) is 4.42. The minimum absolute atomic E-state index is 0.177. The van der Waals surface area contributed by atoms with E-state index in [1.165, 1.54) is 0 Å². The van der Waals surface area contributed by atoms with E-state index in [1.807, 2.05) is 11.5 Å². The average Bonchev–Trinajstić information content (AvgIpc) is 2.64. The molecule has 1 aliphatic rings. The molecule has 0 aromatic carbocycles. The molecule has 3 nitrogen and oxygen atoms in total. The van der Waals surface area contributed by atoms with Crippen LogP contribution in [0.2, 0.25) is 0 Å². The predicted octanol–water partition coefficient (Wildman–Crippen LogP) is 3.60. The van der Waals surface area contributed by atoms with Crippen LogP contribution in [0, 0.1) is 9.49 Å². The summed E-state index contributed by atoms with van der Waals surface area (Å²) in [6.07, 6.45) is 0. The lowest BCUT2D eigenvalue weighted by Crippen LogP contribution is -2.46. The van der Waals surface area contributed by atoms with Gasteiger partial charge in [0.1, 0.15) is 0 Å². The normalized spacial score (nSPS) is 31.8. The van der Waals surface area contributed by atoms with Crippen LogP contribution in [0.25, 0.3) is 0 Å². The zero-order valence-electron chi connectivity index (χ0n) is 9.17. The highest BCUT2D eigenvalue weighted by Crippen LogP contribution is 2.58. The van der Waals surface area contributed by atoms with Crippen molar-refractivity contribution >= 4 is 73.3 Å². The van der Waals surface area contributed by atoms with Crippen molar-refractivity contribution < 1.29 is 10.2 Å². The number of halogens is 5. The molecular formula is C10H10BrCl3INO2. The lowest BCUT2D eigenvalue weighted by Gasteiger charge is -2.36. The van der Waals surface area contributed by atoms with Gasteiger partial charge in [-0.05, 0) is 51.5 Å². The molecular weight excluding hydrogens is 479 g/mol. The fourth-order valence-electron chi connectivity index (χ4n) is 2.52. The second-order valence-electron chi connectivity index (χ2n) is 4.33. The minimum atomic E-state index is -1.91. The summed E-state index contributed by atoms with van der Waals surface area (Å²) in [6.45, 7) is 1.61. The van der Waals surface area contributed by atoms with E-state index in [0.29, 0.717) is 5.69 Å². The van der Waals surface area contributed by atoms with Gasteiger partial charge in [-0.1, -0.05) is 34.8 Å². The summed E-state index contributed by atoms with van der Waals surface area (Å²) in [6, 6.07) is 1.59. The first-order valence-electron chi connectivity index (χ1n) is 5.13. The Balaban J connectivity index is 2.71. The summed E-state index contributed by atoms with van der Waals surface area (Å²) in [5.41, 5.74) is -1.21. The van der Waals surface area contributed by atoms with Crippen LogP contribution >= 0.6 is 73.3 Å². The van der Waals surface area contributed by atoms with Gasteiger partial charge in [0.25, 0.3) is 0 Å². The number of rotatable bonds is 1. The molecule has 0 saturated carbocycles. The summed E-state index contributed by atoms with van der Waals surface area (Å²) >= 11 is 23.4. The van der Waals surface area contributed by atoms with Gasteiger partial charge in [0.15, 0.2) is 5.60 Å². The highest BCUT2D eigenvalue weighted by Gasteiger charge is 2.61. The van der Waals surface area contributed by atoms with Crippen LogP contribution < -0.4 is 0 Å². The van der Waals surface area contributed by atoms with Crippen molar-refractivity contribution in [2.24, 2.45) is 5.92 Å². The number of alkyl halides is 3. The lowest BCUT2D eigenvalue weighted by atomic mass is 9.85. The molecule has 1 aromatic rings. The van der Waals surface area contributed by atoms with Gasteiger partial charge in [-0.15, -0.1) is 0 Å². The lowest BCUT2D eigenvalue weighted by molar-refractivity contribution is -0.0377. The molecule has 0 amide bonds. The Morgan fingerprint density at radius 3 is 2.56 bits per heavy atom. The number of aliphatic hydroxyl groups is 2. The molecule has 0 radical (unpaired) electrons. The summed E-state index contributed by atoms with van der Waals surface area (Å²) in [7, 11) is 0. The topological polar surface area (TPSA) is 45.4 Å². The Labute approximate surface area is 142 Å². The summed E-state index contributed by atoms with van der Waals surface area (Å²) in [4.78, 5) is 0. The Bertz CT molecular complexity index is 490. The quantitative estimate of drug-likeness (QED) is 0.468. The van der Waals surface area contributed by atoms with E-state index in [-0.39, 0.29) is 12.6 Å². The van der Waals surface area contributed by atoms with Gasteiger partial charge in [0.05, 0.1) is 16.9 Å². The van der Waals surface area contributed by atoms with Crippen LogP contribution in [0.15, 0.2) is 10.7 Å². The Kier molecular flexibility index (Phi) is 4.29. The van der Waals surface area contributed by atoms with Crippen LogP contribution in [-0.4, -0.2) is 25.2 Å². The summed E-state index contributed by atoms with van der Waals surface area (Å²) < 4.78 is 1.67. The standard InChI is InChI=1S/C10H10BrCl3INO2/c1-4-5(3-17)9(18,10(12,13)14)7-2-6(15)8(11)16(4)7/h2,4-5,17-18H,3H2,1H3/t4-,5-,9-/m1/s1. The molecule has 0 fully saturated rings. The largest absolute Gasteiger partial charge is 0.396 e.